The van der Waals surface area contributed by atoms with Gasteiger partial charge in [0.1, 0.15) is 17.2 Å². The third kappa shape index (κ3) is 5.64. The number of Topliss-reactive ketones (excluding diaryl/α,β-unsaturated/α-hetero) is 1. The molecular formula is C24H30N2O5. The summed E-state index contributed by atoms with van der Waals surface area (Å²) in [4.78, 5) is 25.5. The number of nitrogens with one attached hydrogen (secondary N) is 1. The smallest absolute Gasteiger partial charge is 0.244 e. The Kier molecular flexibility index (Phi) is 7.83. The highest BCUT2D eigenvalue weighted by Crippen LogP contribution is 2.29. The molecule has 0 saturated heterocycles. The first kappa shape index (κ1) is 24.0. The molecule has 1 atom stereocenters. The first-order valence-electron chi connectivity index (χ1n) is 9.90. The van der Waals surface area contributed by atoms with Crippen molar-refractivity contribution in [2.75, 3.05) is 26.6 Å². The minimum absolute atomic E-state index is 0.197. The molecule has 0 aliphatic carbocycles. The largest absolute Gasteiger partial charge is 0.497 e. The van der Waals surface area contributed by atoms with Gasteiger partial charge in [-0.1, -0.05) is 13.0 Å². The summed E-state index contributed by atoms with van der Waals surface area (Å²) < 4.78 is 15.9. The van der Waals surface area contributed by atoms with Gasteiger partial charge in [-0.15, -0.1) is 0 Å². The third-order valence-corrected chi connectivity index (χ3v) is 5.12. The number of rotatable bonds is 9. The van der Waals surface area contributed by atoms with Crippen LogP contribution in [0.5, 0.6) is 17.2 Å². The standard InChI is InChI=1S/C24H30N2O5/c1-7-24(3,25)23(28)26-19-13-16(8-10-21(19)31-6)12-15(2)22(27)18-14-17(29-4)9-11-20(18)30-5/h8-14H,7,25H2,1-6H3,(H,26,28). The molecule has 2 rings (SSSR count). The van der Waals surface area contributed by atoms with Gasteiger partial charge in [0.15, 0.2) is 5.78 Å². The molecule has 31 heavy (non-hydrogen) atoms. The van der Waals surface area contributed by atoms with Crippen LogP contribution in [0.3, 0.4) is 0 Å². The number of allylic oxidation sites excluding steroid dienone is 1. The summed E-state index contributed by atoms with van der Waals surface area (Å²) in [5, 5.41) is 2.82. The average molecular weight is 427 g/mol. The molecule has 166 valence electrons. The number of benzene rings is 2. The molecule has 0 saturated carbocycles. The van der Waals surface area contributed by atoms with E-state index in [4.69, 9.17) is 19.9 Å². The number of anilines is 1. The van der Waals surface area contributed by atoms with Crippen molar-refractivity contribution in [3.63, 3.8) is 0 Å². The summed E-state index contributed by atoms with van der Waals surface area (Å²) in [6, 6.07) is 10.3. The van der Waals surface area contributed by atoms with E-state index in [1.165, 1.54) is 21.3 Å². The molecule has 7 heteroatoms. The second kappa shape index (κ2) is 10.1. The van der Waals surface area contributed by atoms with E-state index in [0.29, 0.717) is 40.5 Å². The maximum Gasteiger partial charge on any atom is 0.244 e. The van der Waals surface area contributed by atoms with Crippen LogP contribution in [0.4, 0.5) is 5.69 Å². The van der Waals surface area contributed by atoms with Crippen molar-refractivity contribution >= 4 is 23.5 Å². The van der Waals surface area contributed by atoms with Gasteiger partial charge < -0.3 is 25.3 Å². The Hall–Kier alpha value is -3.32. The van der Waals surface area contributed by atoms with Crippen LogP contribution < -0.4 is 25.3 Å². The normalized spacial score (nSPS) is 13.2. The molecule has 0 aromatic heterocycles. The molecular weight excluding hydrogens is 396 g/mol. The SMILES string of the molecule is CCC(C)(N)C(=O)Nc1cc(C=C(C)C(=O)c2cc(OC)ccc2OC)ccc1OC. The van der Waals surface area contributed by atoms with E-state index in [1.54, 1.807) is 56.3 Å². The van der Waals surface area contributed by atoms with Crippen LogP contribution >= 0.6 is 0 Å². The van der Waals surface area contributed by atoms with Crippen LogP contribution in [0.2, 0.25) is 0 Å². The fourth-order valence-corrected chi connectivity index (χ4v) is 2.86. The maximum atomic E-state index is 13.0. The summed E-state index contributed by atoms with van der Waals surface area (Å²) in [6.45, 7) is 5.23. The van der Waals surface area contributed by atoms with Gasteiger partial charge in [0.2, 0.25) is 5.91 Å². The molecule has 0 aliphatic rings. The summed E-state index contributed by atoms with van der Waals surface area (Å²) in [6.07, 6.45) is 2.22. The molecule has 1 amide bonds. The topological polar surface area (TPSA) is 99.9 Å². The van der Waals surface area contributed by atoms with E-state index in [2.05, 4.69) is 5.32 Å². The first-order valence-corrected chi connectivity index (χ1v) is 9.90. The van der Waals surface area contributed by atoms with Crippen molar-refractivity contribution in [1.29, 1.82) is 0 Å². The van der Waals surface area contributed by atoms with E-state index in [9.17, 15) is 9.59 Å². The number of methoxy groups -OCH3 is 3. The molecule has 2 aromatic rings. The predicted octanol–water partition coefficient (Wildman–Crippen LogP) is 4.06. The Labute approximate surface area is 183 Å². The van der Waals surface area contributed by atoms with Gasteiger partial charge in [0.05, 0.1) is 38.1 Å². The molecule has 0 spiro atoms. The van der Waals surface area contributed by atoms with Crippen molar-refractivity contribution < 1.29 is 23.8 Å². The minimum Gasteiger partial charge on any atom is -0.497 e. The van der Waals surface area contributed by atoms with Crippen molar-refractivity contribution in [3.05, 3.63) is 53.1 Å². The zero-order valence-corrected chi connectivity index (χ0v) is 18.9. The van der Waals surface area contributed by atoms with Gasteiger partial charge in [-0.25, -0.2) is 0 Å². The average Bonchev–Trinajstić information content (AvgIpc) is 2.78. The number of carbonyl (C=O) groups is 2. The highest BCUT2D eigenvalue weighted by atomic mass is 16.5. The quantitative estimate of drug-likeness (QED) is 0.463. The Morgan fingerprint density at radius 2 is 1.68 bits per heavy atom. The Bertz CT molecular complexity index is 995. The molecule has 0 aliphatic heterocycles. The number of hydrogen-bond acceptors (Lipinski definition) is 6. The van der Waals surface area contributed by atoms with Gasteiger partial charge in [-0.05, 0) is 67.8 Å². The summed E-state index contributed by atoms with van der Waals surface area (Å²) in [5.41, 5.74) is 7.13. The van der Waals surface area contributed by atoms with Crippen LogP contribution in [0, 0.1) is 0 Å². The number of nitrogens with two attached hydrogens (primary N) is 1. The van der Waals surface area contributed by atoms with Gasteiger partial charge in [0, 0.05) is 0 Å². The monoisotopic (exact) mass is 426 g/mol. The van der Waals surface area contributed by atoms with Crippen LogP contribution in [-0.4, -0.2) is 38.6 Å². The van der Waals surface area contributed by atoms with Gasteiger partial charge >= 0.3 is 0 Å². The number of ketones is 1. The predicted molar refractivity (Wildman–Crippen MR) is 122 cm³/mol. The number of amides is 1. The lowest BCUT2D eigenvalue weighted by Crippen LogP contribution is -2.47. The van der Waals surface area contributed by atoms with Crippen LogP contribution in [0.1, 0.15) is 43.1 Å². The Morgan fingerprint density at radius 1 is 1.03 bits per heavy atom. The zero-order chi connectivity index (χ0) is 23.2. The van der Waals surface area contributed by atoms with Gasteiger partial charge in [0.25, 0.3) is 0 Å². The number of ether oxygens (including phenoxy) is 3. The minimum atomic E-state index is -1.01. The molecule has 2 aromatic carbocycles. The number of carbonyl (C=O) groups excluding carboxylic acids is 2. The molecule has 0 heterocycles. The van der Waals surface area contributed by atoms with Crippen LogP contribution in [-0.2, 0) is 4.79 Å². The first-order chi connectivity index (χ1) is 14.7. The van der Waals surface area contributed by atoms with Crippen LogP contribution in [0.15, 0.2) is 42.0 Å². The van der Waals surface area contributed by atoms with Gasteiger partial charge in [-0.2, -0.15) is 0 Å². The Morgan fingerprint density at radius 3 is 2.26 bits per heavy atom. The zero-order valence-electron chi connectivity index (χ0n) is 18.9. The molecule has 1 unspecified atom stereocenters. The third-order valence-electron chi connectivity index (χ3n) is 5.12. The van der Waals surface area contributed by atoms with E-state index >= 15 is 0 Å². The van der Waals surface area contributed by atoms with E-state index < -0.39 is 5.54 Å². The highest BCUT2D eigenvalue weighted by Gasteiger charge is 2.26. The molecule has 0 fully saturated rings. The number of hydrogen-bond donors (Lipinski definition) is 2. The summed E-state index contributed by atoms with van der Waals surface area (Å²) in [5.74, 6) is 1.01. The summed E-state index contributed by atoms with van der Waals surface area (Å²) in [7, 11) is 4.57. The molecule has 0 radical (unpaired) electrons. The fraction of sp³-hybridized carbons (Fsp3) is 0.333. The summed E-state index contributed by atoms with van der Waals surface area (Å²) >= 11 is 0. The van der Waals surface area contributed by atoms with E-state index in [1.807, 2.05) is 6.92 Å². The van der Waals surface area contributed by atoms with Crippen molar-refractivity contribution in [1.82, 2.24) is 0 Å². The second-order valence-electron chi connectivity index (χ2n) is 7.41. The van der Waals surface area contributed by atoms with E-state index in [-0.39, 0.29) is 11.7 Å². The van der Waals surface area contributed by atoms with Gasteiger partial charge in [-0.3, -0.25) is 9.59 Å². The highest BCUT2D eigenvalue weighted by molar-refractivity contribution is 6.12. The molecule has 7 nitrogen and oxygen atoms in total. The van der Waals surface area contributed by atoms with Crippen LogP contribution in [0.25, 0.3) is 6.08 Å². The lowest BCUT2D eigenvalue weighted by Gasteiger charge is -2.22. The molecule has 3 N–H and O–H groups in total. The van der Waals surface area contributed by atoms with E-state index in [0.717, 1.165) is 5.56 Å². The lowest BCUT2D eigenvalue weighted by molar-refractivity contribution is -0.120. The van der Waals surface area contributed by atoms with Crippen molar-refractivity contribution in [2.45, 2.75) is 32.7 Å². The van der Waals surface area contributed by atoms with Crippen molar-refractivity contribution in [2.24, 2.45) is 5.73 Å². The van der Waals surface area contributed by atoms with Crippen molar-refractivity contribution in [3.8, 4) is 17.2 Å². The maximum absolute atomic E-state index is 13.0. The fourth-order valence-electron chi connectivity index (χ4n) is 2.86. The lowest BCUT2D eigenvalue weighted by atomic mass is 9.99. The Balaban J connectivity index is 2.39. The second-order valence-corrected chi connectivity index (χ2v) is 7.41. The molecule has 0 bridgehead atoms.